The monoisotopic (exact) mass is 226 g/mol. The molecule has 0 unspecified atom stereocenters. The van der Waals surface area contributed by atoms with Gasteiger partial charge in [-0.3, -0.25) is 4.79 Å². The molecule has 0 aromatic carbocycles. The van der Waals surface area contributed by atoms with Crippen LogP contribution in [0, 0.1) is 0 Å². The molecule has 1 rings (SSSR count). The van der Waals surface area contributed by atoms with Crippen LogP contribution in [0.2, 0.25) is 0 Å². The van der Waals surface area contributed by atoms with Crippen LogP contribution in [-0.4, -0.2) is 23.2 Å². The molecule has 0 bridgehead atoms. The molecule has 1 aromatic rings. The summed E-state index contributed by atoms with van der Waals surface area (Å²) in [5.74, 6) is 0.523. The van der Waals surface area contributed by atoms with Gasteiger partial charge >= 0.3 is 0 Å². The largest absolute Gasteiger partial charge is 0.455 e. The zero-order valence-corrected chi connectivity index (χ0v) is 9.62. The predicted octanol–water partition coefficient (Wildman–Crippen LogP) is 0.629. The fraction of sp³-hybridized carbons (Fsp3) is 0.545. The lowest BCUT2D eigenvalue weighted by Crippen LogP contribution is -2.43. The fourth-order valence-corrected chi connectivity index (χ4v) is 1.32. The number of carbonyl (C=O) groups excluding carboxylic acids is 1. The SMILES string of the molecule is CC(C)(CCO)NC(=O)c1ccc(CN)o1. The number of aliphatic hydroxyl groups excluding tert-OH is 1. The molecule has 0 spiro atoms. The molecule has 0 aliphatic rings. The first-order valence-corrected chi connectivity index (χ1v) is 5.20. The number of nitrogens with one attached hydrogen (secondary N) is 1. The van der Waals surface area contributed by atoms with Crippen LogP contribution in [0.5, 0.6) is 0 Å². The summed E-state index contributed by atoms with van der Waals surface area (Å²) in [4.78, 5) is 11.7. The molecule has 90 valence electrons. The minimum atomic E-state index is -0.457. The molecule has 5 nitrogen and oxygen atoms in total. The van der Waals surface area contributed by atoms with E-state index in [1.165, 1.54) is 0 Å². The van der Waals surface area contributed by atoms with Crippen LogP contribution in [-0.2, 0) is 6.54 Å². The molecule has 0 fully saturated rings. The van der Waals surface area contributed by atoms with Crippen molar-refractivity contribution in [3.63, 3.8) is 0 Å². The van der Waals surface area contributed by atoms with Crippen LogP contribution in [0.25, 0.3) is 0 Å². The van der Waals surface area contributed by atoms with Gasteiger partial charge in [0, 0.05) is 12.1 Å². The lowest BCUT2D eigenvalue weighted by molar-refractivity contribution is 0.0869. The van der Waals surface area contributed by atoms with Gasteiger partial charge in [0.1, 0.15) is 5.76 Å². The van der Waals surface area contributed by atoms with Gasteiger partial charge in [-0.05, 0) is 32.4 Å². The molecule has 4 N–H and O–H groups in total. The molecule has 0 saturated carbocycles. The molecular weight excluding hydrogens is 208 g/mol. The summed E-state index contributed by atoms with van der Waals surface area (Å²) >= 11 is 0. The van der Waals surface area contributed by atoms with E-state index in [0.29, 0.717) is 12.2 Å². The van der Waals surface area contributed by atoms with E-state index in [0.717, 1.165) is 0 Å². The van der Waals surface area contributed by atoms with E-state index in [9.17, 15) is 4.79 Å². The number of rotatable bonds is 5. The van der Waals surface area contributed by atoms with Crippen LogP contribution < -0.4 is 11.1 Å². The number of aliphatic hydroxyl groups is 1. The molecular formula is C11H18N2O3. The molecule has 0 aliphatic carbocycles. The van der Waals surface area contributed by atoms with E-state index >= 15 is 0 Å². The lowest BCUT2D eigenvalue weighted by Gasteiger charge is -2.24. The third-order valence-electron chi connectivity index (χ3n) is 2.28. The zero-order chi connectivity index (χ0) is 12.2. The Labute approximate surface area is 94.6 Å². The zero-order valence-electron chi connectivity index (χ0n) is 9.62. The highest BCUT2D eigenvalue weighted by Gasteiger charge is 2.22. The standard InChI is InChI=1S/C11H18N2O3/c1-11(2,5-6-14)13-10(15)9-4-3-8(7-12)16-9/h3-4,14H,5-7,12H2,1-2H3,(H,13,15). The molecule has 0 radical (unpaired) electrons. The minimum absolute atomic E-state index is 0.0273. The topological polar surface area (TPSA) is 88.5 Å². The molecule has 0 aliphatic heterocycles. The van der Waals surface area contributed by atoms with Crippen molar-refractivity contribution in [2.24, 2.45) is 5.73 Å². The van der Waals surface area contributed by atoms with E-state index in [-0.39, 0.29) is 24.8 Å². The summed E-state index contributed by atoms with van der Waals surface area (Å²) in [6.45, 7) is 3.98. The second-order valence-electron chi connectivity index (χ2n) is 4.28. The van der Waals surface area contributed by atoms with Gasteiger partial charge < -0.3 is 20.6 Å². The second kappa shape index (κ2) is 5.14. The molecule has 0 saturated heterocycles. The first kappa shape index (κ1) is 12.7. The van der Waals surface area contributed by atoms with Crippen molar-refractivity contribution in [2.75, 3.05) is 6.61 Å². The van der Waals surface area contributed by atoms with Gasteiger partial charge in [0.15, 0.2) is 5.76 Å². The summed E-state index contributed by atoms with van der Waals surface area (Å²) in [6, 6.07) is 3.26. The summed E-state index contributed by atoms with van der Waals surface area (Å²) < 4.78 is 5.22. The van der Waals surface area contributed by atoms with Crippen LogP contribution in [0.3, 0.4) is 0 Å². The van der Waals surface area contributed by atoms with Crippen molar-refractivity contribution in [1.82, 2.24) is 5.32 Å². The Morgan fingerprint density at radius 1 is 1.56 bits per heavy atom. The van der Waals surface area contributed by atoms with Crippen molar-refractivity contribution in [1.29, 1.82) is 0 Å². The van der Waals surface area contributed by atoms with Gasteiger partial charge in [-0.2, -0.15) is 0 Å². The minimum Gasteiger partial charge on any atom is -0.455 e. The van der Waals surface area contributed by atoms with Gasteiger partial charge in [-0.25, -0.2) is 0 Å². The Morgan fingerprint density at radius 3 is 2.75 bits per heavy atom. The quantitative estimate of drug-likeness (QED) is 0.687. The van der Waals surface area contributed by atoms with Gasteiger partial charge in [-0.1, -0.05) is 0 Å². The van der Waals surface area contributed by atoms with Crippen molar-refractivity contribution in [3.8, 4) is 0 Å². The Morgan fingerprint density at radius 2 is 2.25 bits per heavy atom. The highest BCUT2D eigenvalue weighted by atomic mass is 16.4. The molecule has 1 amide bonds. The Bertz CT molecular complexity index is 358. The molecule has 1 aromatic heterocycles. The molecule has 1 heterocycles. The van der Waals surface area contributed by atoms with Crippen LogP contribution in [0.4, 0.5) is 0 Å². The maximum atomic E-state index is 11.7. The number of amides is 1. The van der Waals surface area contributed by atoms with Crippen molar-refractivity contribution >= 4 is 5.91 Å². The van der Waals surface area contributed by atoms with E-state index < -0.39 is 5.54 Å². The molecule has 5 heteroatoms. The van der Waals surface area contributed by atoms with Crippen molar-refractivity contribution in [3.05, 3.63) is 23.7 Å². The second-order valence-corrected chi connectivity index (χ2v) is 4.28. The predicted molar refractivity (Wildman–Crippen MR) is 59.8 cm³/mol. The van der Waals surface area contributed by atoms with E-state index in [2.05, 4.69) is 5.32 Å². The number of nitrogens with two attached hydrogens (primary N) is 1. The smallest absolute Gasteiger partial charge is 0.287 e. The summed E-state index contributed by atoms with van der Waals surface area (Å²) in [6.07, 6.45) is 0.489. The Balaban J connectivity index is 2.65. The Hall–Kier alpha value is -1.33. The number of carbonyl (C=O) groups is 1. The molecule has 16 heavy (non-hydrogen) atoms. The van der Waals surface area contributed by atoms with E-state index in [1.807, 2.05) is 13.8 Å². The van der Waals surface area contributed by atoms with Crippen LogP contribution in [0.15, 0.2) is 16.5 Å². The lowest BCUT2D eigenvalue weighted by atomic mass is 10.0. The fourth-order valence-electron chi connectivity index (χ4n) is 1.32. The maximum absolute atomic E-state index is 11.7. The Kier molecular flexibility index (Phi) is 4.09. The summed E-state index contributed by atoms with van der Waals surface area (Å²) in [5, 5.41) is 11.6. The summed E-state index contributed by atoms with van der Waals surface area (Å²) in [7, 11) is 0. The first-order chi connectivity index (χ1) is 7.48. The number of hydrogen-bond acceptors (Lipinski definition) is 4. The summed E-state index contributed by atoms with van der Waals surface area (Å²) in [5.41, 5.74) is 4.92. The van der Waals surface area contributed by atoms with Gasteiger partial charge in [-0.15, -0.1) is 0 Å². The maximum Gasteiger partial charge on any atom is 0.287 e. The van der Waals surface area contributed by atoms with Gasteiger partial charge in [0.2, 0.25) is 0 Å². The number of hydrogen-bond donors (Lipinski definition) is 3. The molecule has 0 atom stereocenters. The van der Waals surface area contributed by atoms with Crippen LogP contribution >= 0.6 is 0 Å². The number of furan rings is 1. The van der Waals surface area contributed by atoms with Crippen molar-refractivity contribution < 1.29 is 14.3 Å². The van der Waals surface area contributed by atoms with Gasteiger partial charge in [0.05, 0.1) is 6.54 Å². The highest BCUT2D eigenvalue weighted by Crippen LogP contribution is 2.11. The average molecular weight is 226 g/mol. The first-order valence-electron chi connectivity index (χ1n) is 5.20. The average Bonchev–Trinajstić information content (AvgIpc) is 2.64. The highest BCUT2D eigenvalue weighted by molar-refractivity contribution is 5.91. The van der Waals surface area contributed by atoms with E-state index in [1.54, 1.807) is 12.1 Å². The van der Waals surface area contributed by atoms with E-state index in [4.69, 9.17) is 15.3 Å². The third kappa shape index (κ3) is 3.36. The van der Waals surface area contributed by atoms with Crippen LogP contribution in [0.1, 0.15) is 36.6 Å². The van der Waals surface area contributed by atoms with Crippen molar-refractivity contribution in [2.45, 2.75) is 32.4 Å². The van der Waals surface area contributed by atoms with Gasteiger partial charge in [0.25, 0.3) is 5.91 Å². The third-order valence-corrected chi connectivity index (χ3v) is 2.28. The normalized spacial score (nSPS) is 11.5.